The van der Waals surface area contributed by atoms with Crippen LogP contribution < -0.4 is 10.6 Å². The predicted octanol–water partition coefficient (Wildman–Crippen LogP) is 3.85. The third-order valence-electron chi connectivity index (χ3n) is 3.84. The summed E-state index contributed by atoms with van der Waals surface area (Å²) in [7, 11) is 0. The Labute approximate surface area is 176 Å². The lowest BCUT2D eigenvalue weighted by Gasteiger charge is -2.20. The molecule has 2 N–H and O–H groups in total. The summed E-state index contributed by atoms with van der Waals surface area (Å²) < 4.78 is 10.2. The van der Waals surface area contributed by atoms with E-state index in [-0.39, 0.29) is 13.0 Å². The number of nitrogens with zero attached hydrogens (tertiary/aromatic N) is 1. The number of hydrogen-bond acceptors (Lipinski definition) is 6. The van der Waals surface area contributed by atoms with Crippen LogP contribution in [0.25, 0.3) is 0 Å². The second-order valence-corrected chi connectivity index (χ2v) is 7.53. The van der Waals surface area contributed by atoms with E-state index in [2.05, 4.69) is 15.6 Å². The zero-order valence-corrected chi connectivity index (χ0v) is 17.6. The molecule has 0 spiro atoms. The third kappa shape index (κ3) is 7.54. The summed E-state index contributed by atoms with van der Waals surface area (Å²) in [6, 6.07) is 9.34. The van der Waals surface area contributed by atoms with Crippen molar-refractivity contribution in [3.05, 3.63) is 59.9 Å². The lowest BCUT2D eigenvalue weighted by Crippen LogP contribution is -2.31. The highest BCUT2D eigenvalue weighted by Crippen LogP contribution is 2.19. The van der Waals surface area contributed by atoms with Gasteiger partial charge in [0.2, 0.25) is 0 Å². The molecule has 1 heterocycles. The average Bonchev–Trinajstić information content (AvgIpc) is 2.67. The van der Waals surface area contributed by atoms with Gasteiger partial charge < -0.3 is 14.8 Å². The largest absolute Gasteiger partial charge is 0.466 e. The van der Waals surface area contributed by atoms with Crippen LogP contribution in [0.1, 0.15) is 56.1 Å². The maximum atomic E-state index is 12.8. The molecule has 1 atom stereocenters. The Morgan fingerprint density at radius 3 is 2.53 bits per heavy atom. The summed E-state index contributed by atoms with van der Waals surface area (Å²) in [6.45, 7) is 7.26. The molecule has 1 aromatic carbocycles. The molecule has 8 heteroatoms. The number of esters is 1. The molecule has 1 unspecified atom stereocenters. The van der Waals surface area contributed by atoms with Gasteiger partial charge in [0.25, 0.3) is 5.91 Å². The van der Waals surface area contributed by atoms with E-state index < -0.39 is 29.6 Å². The standard InChI is InChI=1S/C22H27N3O5/c1-5-29-19(26)13-18(16-9-7-11-23-14-16)25-20(27)15-8-6-10-17(12-15)24-21(28)30-22(2,3)4/h6-12,14,18H,5,13H2,1-4H3,(H,24,28)(H,25,27). The number of anilines is 1. The van der Waals surface area contributed by atoms with Crippen molar-refractivity contribution in [2.75, 3.05) is 11.9 Å². The first-order valence-corrected chi connectivity index (χ1v) is 9.64. The normalized spacial score (nSPS) is 11.9. The molecule has 0 aliphatic carbocycles. The molecule has 160 valence electrons. The molecule has 1 aromatic heterocycles. The van der Waals surface area contributed by atoms with Gasteiger partial charge in [-0.1, -0.05) is 12.1 Å². The molecule has 0 saturated carbocycles. The highest BCUT2D eigenvalue weighted by atomic mass is 16.6. The number of ether oxygens (including phenoxy) is 2. The molecule has 2 amide bonds. The number of carbonyl (C=O) groups is 3. The number of amides is 2. The lowest BCUT2D eigenvalue weighted by atomic mass is 10.0. The minimum absolute atomic E-state index is 0.0267. The fourth-order valence-electron chi connectivity index (χ4n) is 2.62. The molecular weight excluding hydrogens is 386 g/mol. The van der Waals surface area contributed by atoms with Crippen LogP contribution in [0.15, 0.2) is 48.8 Å². The highest BCUT2D eigenvalue weighted by Gasteiger charge is 2.21. The highest BCUT2D eigenvalue weighted by molar-refractivity contribution is 5.96. The van der Waals surface area contributed by atoms with Gasteiger partial charge >= 0.3 is 12.1 Å². The summed E-state index contributed by atoms with van der Waals surface area (Å²) in [5, 5.41) is 5.44. The van der Waals surface area contributed by atoms with Crippen molar-refractivity contribution in [2.45, 2.75) is 45.8 Å². The molecule has 0 saturated heterocycles. The smallest absolute Gasteiger partial charge is 0.412 e. The third-order valence-corrected chi connectivity index (χ3v) is 3.84. The van der Waals surface area contributed by atoms with Crippen molar-refractivity contribution in [1.82, 2.24) is 10.3 Å². The summed E-state index contributed by atoms with van der Waals surface area (Å²) in [5.74, 6) is -0.826. The van der Waals surface area contributed by atoms with Crippen molar-refractivity contribution < 1.29 is 23.9 Å². The Kier molecular flexibility index (Phi) is 7.91. The molecular formula is C22H27N3O5. The van der Waals surface area contributed by atoms with Gasteiger partial charge in [-0.25, -0.2) is 4.79 Å². The van der Waals surface area contributed by atoms with E-state index in [1.165, 1.54) is 6.07 Å². The van der Waals surface area contributed by atoms with Crippen molar-refractivity contribution >= 4 is 23.7 Å². The quantitative estimate of drug-likeness (QED) is 0.668. The first-order valence-electron chi connectivity index (χ1n) is 9.64. The Hall–Kier alpha value is -3.42. The van der Waals surface area contributed by atoms with Crippen molar-refractivity contribution in [2.24, 2.45) is 0 Å². The topological polar surface area (TPSA) is 107 Å². The SMILES string of the molecule is CCOC(=O)CC(NC(=O)c1cccc(NC(=O)OC(C)(C)C)c1)c1cccnc1. The summed E-state index contributed by atoms with van der Waals surface area (Å²) in [6.07, 6.45) is 2.56. The second kappa shape index (κ2) is 10.4. The van der Waals surface area contributed by atoms with Crippen molar-refractivity contribution in [3.8, 4) is 0 Å². The Morgan fingerprint density at radius 1 is 1.13 bits per heavy atom. The van der Waals surface area contributed by atoms with Crippen LogP contribution in [0, 0.1) is 0 Å². The fraction of sp³-hybridized carbons (Fsp3) is 0.364. The Morgan fingerprint density at radius 2 is 1.90 bits per heavy atom. The van der Waals surface area contributed by atoms with E-state index in [0.717, 1.165) is 0 Å². The average molecular weight is 413 g/mol. The minimum atomic E-state index is -0.636. The van der Waals surface area contributed by atoms with Crippen LogP contribution >= 0.6 is 0 Å². The molecule has 2 rings (SSSR count). The predicted molar refractivity (Wildman–Crippen MR) is 112 cm³/mol. The first kappa shape index (κ1) is 22.9. The molecule has 2 aromatic rings. The van der Waals surface area contributed by atoms with E-state index in [1.807, 2.05) is 0 Å². The van der Waals surface area contributed by atoms with Gasteiger partial charge in [-0.05, 0) is 57.5 Å². The zero-order chi connectivity index (χ0) is 22.1. The van der Waals surface area contributed by atoms with Gasteiger partial charge in [0, 0.05) is 23.6 Å². The second-order valence-electron chi connectivity index (χ2n) is 7.53. The summed E-state index contributed by atoms with van der Waals surface area (Å²) >= 11 is 0. The number of hydrogen-bond donors (Lipinski definition) is 2. The van der Waals surface area contributed by atoms with Gasteiger partial charge in [0.1, 0.15) is 5.60 Å². The van der Waals surface area contributed by atoms with Gasteiger partial charge in [-0.2, -0.15) is 0 Å². The maximum absolute atomic E-state index is 12.8. The van der Waals surface area contributed by atoms with Crippen LogP contribution in [0.4, 0.5) is 10.5 Å². The molecule has 0 aliphatic rings. The molecule has 0 radical (unpaired) electrons. The van der Waals surface area contributed by atoms with Crippen molar-refractivity contribution in [1.29, 1.82) is 0 Å². The lowest BCUT2D eigenvalue weighted by molar-refractivity contribution is -0.143. The van der Waals surface area contributed by atoms with E-state index in [9.17, 15) is 14.4 Å². The van der Waals surface area contributed by atoms with Gasteiger partial charge in [-0.15, -0.1) is 0 Å². The van der Waals surface area contributed by atoms with E-state index in [4.69, 9.17) is 9.47 Å². The zero-order valence-electron chi connectivity index (χ0n) is 17.6. The van der Waals surface area contributed by atoms with Crippen LogP contribution in [0.5, 0.6) is 0 Å². The van der Waals surface area contributed by atoms with Crippen molar-refractivity contribution in [3.63, 3.8) is 0 Å². The summed E-state index contributed by atoms with van der Waals surface area (Å²) in [5.41, 5.74) is 0.784. The fourth-order valence-corrected chi connectivity index (χ4v) is 2.62. The first-order chi connectivity index (χ1) is 14.2. The molecule has 0 bridgehead atoms. The Balaban J connectivity index is 2.13. The minimum Gasteiger partial charge on any atom is -0.466 e. The number of benzene rings is 1. The van der Waals surface area contributed by atoms with Crippen LogP contribution in [0.2, 0.25) is 0 Å². The summed E-state index contributed by atoms with van der Waals surface area (Å²) in [4.78, 5) is 40.8. The number of carbonyl (C=O) groups excluding carboxylic acids is 3. The maximum Gasteiger partial charge on any atom is 0.412 e. The van der Waals surface area contributed by atoms with E-state index in [1.54, 1.807) is 70.4 Å². The molecule has 8 nitrogen and oxygen atoms in total. The van der Waals surface area contributed by atoms with Crippen LogP contribution in [0.3, 0.4) is 0 Å². The number of pyridine rings is 1. The van der Waals surface area contributed by atoms with Gasteiger partial charge in [-0.3, -0.25) is 19.9 Å². The number of rotatable bonds is 7. The molecule has 0 aliphatic heterocycles. The van der Waals surface area contributed by atoms with Gasteiger partial charge in [0.05, 0.1) is 19.1 Å². The number of aromatic nitrogens is 1. The van der Waals surface area contributed by atoms with E-state index >= 15 is 0 Å². The molecule has 0 fully saturated rings. The van der Waals surface area contributed by atoms with Crippen LogP contribution in [-0.2, 0) is 14.3 Å². The number of nitrogens with one attached hydrogen (secondary N) is 2. The van der Waals surface area contributed by atoms with Crippen LogP contribution in [-0.4, -0.2) is 35.2 Å². The monoisotopic (exact) mass is 413 g/mol. The van der Waals surface area contributed by atoms with Gasteiger partial charge in [0.15, 0.2) is 0 Å². The Bertz CT molecular complexity index is 878. The molecule has 30 heavy (non-hydrogen) atoms. The van der Waals surface area contributed by atoms with E-state index in [0.29, 0.717) is 16.8 Å².